The fourth-order valence-corrected chi connectivity index (χ4v) is 2.35. The lowest BCUT2D eigenvalue weighted by Crippen LogP contribution is -2.31. The van der Waals surface area contributed by atoms with E-state index in [-0.39, 0.29) is 0 Å². The van der Waals surface area contributed by atoms with Gasteiger partial charge >= 0.3 is 0 Å². The van der Waals surface area contributed by atoms with Gasteiger partial charge in [0.05, 0.1) is 6.61 Å². The Labute approximate surface area is 101 Å². The minimum atomic E-state index is 0.652. The van der Waals surface area contributed by atoms with Crippen molar-refractivity contribution in [3.05, 3.63) is 0 Å². The number of rotatable bonds is 6. The summed E-state index contributed by atoms with van der Waals surface area (Å²) in [6.07, 6.45) is 6.91. The van der Waals surface area contributed by atoms with E-state index in [9.17, 15) is 0 Å². The maximum Gasteiger partial charge on any atom is 0.0591 e. The molecule has 0 bridgehead atoms. The minimum absolute atomic E-state index is 0.652. The Kier molecular flexibility index (Phi) is 7.06. The lowest BCUT2D eigenvalue weighted by molar-refractivity contribution is 0.109. The average molecular weight is 227 g/mol. The summed E-state index contributed by atoms with van der Waals surface area (Å²) in [5.74, 6) is 1.59. The molecule has 96 valence electrons. The zero-order valence-electron chi connectivity index (χ0n) is 11.3. The van der Waals surface area contributed by atoms with Gasteiger partial charge in [-0.15, -0.1) is 0 Å². The normalized spacial score (nSPS) is 27.0. The second-order valence-electron chi connectivity index (χ2n) is 5.73. The summed E-state index contributed by atoms with van der Waals surface area (Å²) in [6, 6.07) is 0.743. The molecule has 1 N–H and O–H groups in total. The molecule has 0 saturated heterocycles. The van der Waals surface area contributed by atoms with Crippen molar-refractivity contribution in [2.24, 2.45) is 11.8 Å². The zero-order valence-corrected chi connectivity index (χ0v) is 11.3. The number of nitrogens with one attached hydrogen (secondary N) is 1. The maximum absolute atomic E-state index is 5.58. The Morgan fingerprint density at radius 1 is 1.19 bits per heavy atom. The molecule has 1 aliphatic carbocycles. The molecule has 1 fully saturated rings. The van der Waals surface area contributed by atoms with Crippen molar-refractivity contribution >= 4 is 0 Å². The van der Waals surface area contributed by atoms with Crippen molar-refractivity contribution in [2.75, 3.05) is 19.8 Å². The van der Waals surface area contributed by atoms with Crippen molar-refractivity contribution in [3.8, 4) is 0 Å². The summed E-state index contributed by atoms with van der Waals surface area (Å²) in [5.41, 5.74) is 0. The van der Waals surface area contributed by atoms with E-state index in [0.29, 0.717) is 5.92 Å². The summed E-state index contributed by atoms with van der Waals surface area (Å²) >= 11 is 0. The number of hydrogen-bond acceptors (Lipinski definition) is 2. The van der Waals surface area contributed by atoms with Crippen LogP contribution in [0.25, 0.3) is 0 Å². The first-order chi connectivity index (χ1) is 7.68. The van der Waals surface area contributed by atoms with Crippen molar-refractivity contribution in [1.82, 2.24) is 5.32 Å². The second kappa shape index (κ2) is 8.08. The molecular formula is C14H29NO. The highest BCUT2D eigenvalue weighted by atomic mass is 16.5. The molecule has 0 aromatic carbocycles. The Hall–Kier alpha value is -0.0800. The SMILES string of the molecule is CC(C)COCCNC1CCCC(C)CC1. The topological polar surface area (TPSA) is 21.3 Å². The quantitative estimate of drug-likeness (QED) is 0.556. The van der Waals surface area contributed by atoms with Gasteiger partial charge in [0.15, 0.2) is 0 Å². The van der Waals surface area contributed by atoms with E-state index in [1.807, 2.05) is 0 Å². The second-order valence-corrected chi connectivity index (χ2v) is 5.73. The van der Waals surface area contributed by atoms with Crippen LogP contribution >= 0.6 is 0 Å². The predicted octanol–water partition coefficient (Wildman–Crippen LogP) is 3.22. The lowest BCUT2D eigenvalue weighted by Gasteiger charge is -2.16. The maximum atomic E-state index is 5.58. The van der Waals surface area contributed by atoms with Crippen LogP contribution in [-0.2, 0) is 4.74 Å². The van der Waals surface area contributed by atoms with E-state index < -0.39 is 0 Å². The van der Waals surface area contributed by atoms with Gasteiger partial charge in [-0.25, -0.2) is 0 Å². The standard InChI is InChI=1S/C14H29NO/c1-12(2)11-16-10-9-15-14-6-4-5-13(3)7-8-14/h12-15H,4-11H2,1-3H3. The first-order valence-corrected chi connectivity index (χ1v) is 6.99. The molecule has 2 heteroatoms. The van der Waals surface area contributed by atoms with Gasteiger partial charge in [0, 0.05) is 19.2 Å². The molecule has 2 nitrogen and oxygen atoms in total. The Morgan fingerprint density at radius 3 is 2.75 bits per heavy atom. The molecule has 0 aliphatic heterocycles. The van der Waals surface area contributed by atoms with Crippen LogP contribution in [-0.4, -0.2) is 25.8 Å². The van der Waals surface area contributed by atoms with Gasteiger partial charge in [-0.2, -0.15) is 0 Å². The first-order valence-electron chi connectivity index (χ1n) is 6.99. The minimum Gasteiger partial charge on any atom is -0.380 e. The predicted molar refractivity (Wildman–Crippen MR) is 69.7 cm³/mol. The van der Waals surface area contributed by atoms with Crippen LogP contribution in [0.3, 0.4) is 0 Å². The highest BCUT2D eigenvalue weighted by Crippen LogP contribution is 2.22. The molecule has 1 saturated carbocycles. The molecule has 2 atom stereocenters. The smallest absolute Gasteiger partial charge is 0.0591 e. The number of hydrogen-bond donors (Lipinski definition) is 1. The van der Waals surface area contributed by atoms with E-state index in [4.69, 9.17) is 4.74 Å². The van der Waals surface area contributed by atoms with Gasteiger partial charge in [0.1, 0.15) is 0 Å². The number of ether oxygens (including phenoxy) is 1. The Balaban J connectivity index is 1.99. The molecule has 0 aromatic heterocycles. The largest absolute Gasteiger partial charge is 0.380 e. The van der Waals surface area contributed by atoms with E-state index in [0.717, 1.165) is 31.7 Å². The molecule has 16 heavy (non-hydrogen) atoms. The van der Waals surface area contributed by atoms with E-state index in [1.165, 1.54) is 32.1 Å². The summed E-state index contributed by atoms with van der Waals surface area (Å²) in [6.45, 7) is 9.55. The highest BCUT2D eigenvalue weighted by molar-refractivity contribution is 4.73. The molecule has 0 radical (unpaired) electrons. The molecule has 0 spiro atoms. The van der Waals surface area contributed by atoms with E-state index >= 15 is 0 Å². The van der Waals surface area contributed by atoms with E-state index in [2.05, 4.69) is 26.1 Å². The molecule has 2 unspecified atom stereocenters. The van der Waals surface area contributed by atoms with Crippen LogP contribution in [0, 0.1) is 11.8 Å². The highest BCUT2D eigenvalue weighted by Gasteiger charge is 2.15. The van der Waals surface area contributed by atoms with Crippen molar-refractivity contribution in [2.45, 2.75) is 58.9 Å². The summed E-state index contributed by atoms with van der Waals surface area (Å²) in [7, 11) is 0. The Morgan fingerprint density at radius 2 is 2.00 bits per heavy atom. The van der Waals surface area contributed by atoms with Gasteiger partial charge < -0.3 is 10.1 Å². The third-order valence-corrected chi connectivity index (χ3v) is 3.39. The molecule has 1 rings (SSSR count). The fraction of sp³-hybridized carbons (Fsp3) is 1.00. The van der Waals surface area contributed by atoms with Crippen LogP contribution < -0.4 is 5.32 Å². The van der Waals surface area contributed by atoms with Gasteiger partial charge in [0.25, 0.3) is 0 Å². The van der Waals surface area contributed by atoms with E-state index in [1.54, 1.807) is 0 Å². The van der Waals surface area contributed by atoms with Crippen LogP contribution in [0.5, 0.6) is 0 Å². The van der Waals surface area contributed by atoms with Crippen LogP contribution in [0.2, 0.25) is 0 Å². The molecule has 0 heterocycles. The van der Waals surface area contributed by atoms with Crippen LogP contribution in [0.15, 0.2) is 0 Å². The Bertz CT molecular complexity index is 170. The lowest BCUT2D eigenvalue weighted by atomic mass is 10.0. The summed E-state index contributed by atoms with van der Waals surface area (Å²) < 4.78 is 5.58. The van der Waals surface area contributed by atoms with Gasteiger partial charge in [0.2, 0.25) is 0 Å². The van der Waals surface area contributed by atoms with Crippen molar-refractivity contribution < 1.29 is 4.74 Å². The fourth-order valence-electron chi connectivity index (χ4n) is 2.35. The van der Waals surface area contributed by atoms with Crippen molar-refractivity contribution in [1.29, 1.82) is 0 Å². The summed E-state index contributed by atoms with van der Waals surface area (Å²) in [4.78, 5) is 0. The molecule has 1 aliphatic rings. The molecule has 0 amide bonds. The molecule has 0 aromatic rings. The third kappa shape index (κ3) is 6.49. The van der Waals surface area contributed by atoms with Gasteiger partial charge in [-0.1, -0.05) is 33.6 Å². The average Bonchev–Trinajstić information content (AvgIpc) is 2.43. The zero-order chi connectivity index (χ0) is 11.8. The van der Waals surface area contributed by atoms with Crippen molar-refractivity contribution in [3.63, 3.8) is 0 Å². The first kappa shape index (κ1) is 14.0. The van der Waals surface area contributed by atoms with Gasteiger partial charge in [-0.05, 0) is 31.1 Å². The summed E-state index contributed by atoms with van der Waals surface area (Å²) in [5, 5.41) is 3.63. The monoisotopic (exact) mass is 227 g/mol. The van der Waals surface area contributed by atoms with Crippen LogP contribution in [0.1, 0.15) is 52.9 Å². The van der Waals surface area contributed by atoms with Crippen LogP contribution in [0.4, 0.5) is 0 Å². The van der Waals surface area contributed by atoms with Gasteiger partial charge in [-0.3, -0.25) is 0 Å². The molecular weight excluding hydrogens is 198 g/mol. The third-order valence-electron chi connectivity index (χ3n) is 3.39.